The molecule has 0 aliphatic heterocycles. The number of rotatable bonds is 7. The number of amides is 1. The van der Waals surface area contributed by atoms with Gasteiger partial charge in [-0.15, -0.1) is 0 Å². The first-order chi connectivity index (χ1) is 13.3. The molecule has 2 rings (SSSR count). The lowest BCUT2D eigenvalue weighted by Crippen LogP contribution is -2.41. The summed E-state index contributed by atoms with van der Waals surface area (Å²) in [6.45, 7) is 0. The number of carbonyl (C=O) groups is 2. The van der Waals surface area contributed by atoms with E-state index >= 15 is 0 Å². The average molecular weight is 391 g/mol. The molecule has 0 aliphatic rings. The molecule has 1 amide bonds. The minimum atomic E-state index is -4.48. The third kappa shape index (κ3) is 6.57. The van der Waals surface area contributed by atoms with Gasteiger partial charge in [-0.2, -0.15) is 13.2 Å². The van der Waals surface area contributed by atoms with Crippen LogP contribution in [-0.4, -0.2) is 25.0 Å². The molecule has 28 heavy (non-hydrogen) atoms. The van der Waals surface area contributed by atoms with Crippen molar-refractivity contribution in [3.8, 4) is 0 Å². The monoisotopic (exact) mass is 391 g/mol. The van der Waals surface area contributed by atoms with Crippen LogP contribution in [-0.2, 0) is 26.9 Å². The Morgan fingerprint density at radius 1 is 1.11 bits per heavy atom. The Bertz CT molecular complexity index is 832. The predicted octanol–water partition coefficient (Wildman–Crippen LogP) is 4.01. The molecule has 7 heteroatoms. The van der Waals surface area contributed by atoms with Crippen LogP contribution in [0.15, 0.2) is 60.7 Å². The zero-order chi connectivity index (χ0) is 20.6. The van der Waals surface area contributed by atoms with Gasteiger partial charge in [-0.25, -0.2) is 4.79 Å². The van der Waals surface area contributed by atoms with Gasteiger partial charge in [-0.1, -0.05) is 60.7 Å². The van der Waals surface area contributed by atoms with Gasteiger partial charge in [-0.3, -0.25) is 4.79 Å². The van der Waals surface area contributed by atoms with Crippen molar-refractivity contribution in [2.75, 3.05) is 7.11 Å². The van der Waals surface area contributed by atoms with Crippen LogP contribution in [0.1, 0.15) is 23.1 Å². The van der Waals surface area contributed by atoms with Crippen LogP contribution < -0.4 is 5.32 Å². The van der Waals surface area contributed by atoms with Crippen molar-refractivity contribution in [3.63, 3.8) is 0 Å². The van der Waals surface area contributed by atoms with Crippen LogP contribution >= 0.6 is 0 Å². The van der Waals surface area contributed by atoms with Crippen LogP contribution in [0, 0.1) is 0 Å². The quantitative estimate of drug-likeness (QED) is 0.726. The Labute approximate surface area is 161 Å². The summed E-state index contributed by atoms with van der Waals surface area (Å²) in [7, 11) is 1.20. The third-order valence-electron chi connectivity index (χ3n) is 3.92. The van der Waals surface area contributed by atoms with E-state index in [0.29, 0.717) is 0 Å². The molecule has 0 aromatic heterocycles. The van der Waals surface area contributed by atoms with Crippen molar-refractivity contribution in [1.29, 1.82) is 0 Å². The molecule has 0 aliphatic carbocycles. The van der Waals surface area contributed by atoms with E-state index < -0.39 is 29.7 Å². The van der Waals surface area contributed by atoms with Gasteiger partial charge < -0.3 is 10.1 Å². The molecule has 0 spiro atoms. The molecular formula is C21H20F3NO3. The van der Waals surface area contributed by atoms with E-state index in [1.807, 2.05) is 30.3 Å². The van der Waals surface area contributed by atoms with Gasteiger partial charge in [0, 0.05) is 0 Å². The molecule has 0 saturated heterocycles. The number of esters is 1. The summed E-state index contributed by atoms with van der Waals surface area (Å²) < 4.78 is 43.0. The molecule has 0 bridgehead atoms. The number of hydrogen-bond acceptors (Lipinski definition) is 3. The van der Waals surface area contributed by atoms with E-state index in [-0.39, 0.29) is 18.4 Å². The minimum absolute atomic E-state index is 0.190. The van der Waals surface area contributed by atoms with E-state index in [0.717, 1.165) is 17.7 Å². The topological polar surface area (TPSA) is 55.4 Å². The largest absolute Gasteiger partial charge is 0.467 e. The summed E-state index contributed by atoms with van der Waals surface area (Å²) in [6, 6.07) is 13.0. The van der Waals surface area contributed by atoms with Crippen molar-refractivity contribution >= 4 is 18.0 Å². The van der Waals surface area contributed by atoms with Crippen molar-refractivity contribution in [1.82, 2.24) is 5.32 Å². The van der Waals surface area contributed by atoms with Gasteiger partial charge in [0.1, 0.15) is 6.04 Å². The first-order valence-electron chi connectivity index (χ1n) is 8.54. The maximum atomic E-state index is 12.8. The Kier molecular flexibility index (Phi) is 7.37. The maximum Gasteiger partial charge on any atom is 0.416 e. The summed E-state index contributed by atoms with van der Waals surface area (Å²) in [5.41, 5.74) is 0.310. The summed E-state index contributed by atoms with van der Waals surface area (Å²) >= 11 is 0. The minimum Gasteiger partial charge on any atom is -0.467 e. The zero-order valence-corrected chi connectivity index (χ0v) is 15.2. The van der Waals surface area contributed by atoms with E-state index in [4.69, 9.17) is 4.74 Å². The molecule has 1 N–H and O–H groups in total. The number of carbonyl (C=O) groups excluding carboxylic acids is 2. The zero-order valence-electron chi connectivity index (χ0n) is 15.2. The first kappa shape index (κ1) is 21.2. The second kappa shape index (κ2) is 9.73. The molecule has 2 aromatic carbocycles. The number of hydrogen-bond donors (Lipinski definition) is 1. The second-order valence-electron chi connectivity index (χ2n) is 6.07. The third-order valence-corrected chi connectivity index (χ3v) is 3.92. The molecular weight excluding hydrogens is 371 g/mol. The van der Waals surface area contributed by atoms with Crippen LogP contribution in [0.3, 0.4) is 0 Å². The van der Waals surface area contributed by atoms with Crippen molar-refractivity contribution in [2.45, 2.75) is 25.1 Å². The fourth-order valence-electron chi connectivity index (χ4n) is 2.55. The molecule has 0 radical (unpaired) electrons. The van der Waals surface area contributed by atoms with E-state index in [9.17, 15) is 22.8 Å². The normalized spacial score (nSPS) is 12.6. The Hall–Kier alpha value is -3.09. The molecule has 148 valence electrons. The molecule has 0 saturated carbocycles. The van der Waals surface area contributed by atoms with Crippen molar-refractivity contribution < 1.29 is 27.5 Å². The van der Waals surface area contributed by atoms with E-state index in [1.54, 1.807) is 12.2 Å². The smallest absolute Gasteiger partial charge is 0.416 e. The molecule has 1 atom stereocenters. The lowest BCUT2D eigenvalue weighted by Gasteiger charge is -2.15. The lowest BCUT2D eigenvalue weighted by atomic mass is 10.1. The molecule has 0 unspecified atom stereocenters. The highest BCUT2D eigenvalue weighted by molar-refractivity contribution is 5.85. The first-order valence-corrected chi connectivity index (χ1v) is 8.54. The van der Waals surface area contributed by atoms with E-state index in [2.05, 4.69) is 5.32 Å². The van der Waals surface area contributed by atoms with Crippen LogP contribution in [0.5, 0.6) is 0 Å². The van der Waals surface area contributed by atoms with Crippen LogP contribution in [0.2, 0.25) is 0 Å². The highest BCUT2D eigenvalue weighted by Gasteiger charge is 2.30. The maximum absolute atomic E-state index is 12.8. The molecule has 4 nitrogen and oxygen atoms in total. The molecule has 0 fully saturated rings. The summed E-state index contributed by atoms with van der Waals surface area (Å²) in [5, 5.41) is 2.51. The van der Waals surface area contributed by atoms with Gasteiger partial charge >= 0.3 is 12.1 Å². The highest BCUT2D eigenvalue weighted by atomic mass is 19.4. The summed E-state index contributed by atoms with van der Waals surface area (Å²) in [4.78, 5) is 24.1. The SMILES string of the molecule is COC(=O)[C@@H](C/C=C/c1ccccc1)NC(=O)Cc1cccc(C(F)(F)F)c1. The fourth-order valence-corrected chi connectivity index (χ4v) is 2.55. The van der Waals surface area contributed by atoms with Gasteiger partial charge in [0.25, 0.3) is 0 Å². The average Bonchev–Trinajstić information content (AvgIpc) is 2.67. The molecule has 2 aromatic rings. The van der Waals surface area contributed by atoms with Crippen molar-refractivity contribution in [2.24, 2.45) is 0 Å². The van der Waals surface area contributed by atoms with E-state index in [1.165, 1.54) is 19.2 Å². The lowest BCUT2D eigenvalue weighted by molar-refractivity contribution is -0.144. The summed E-state index contributed by atoms with van der Waals surface area (Å²) in [5.74, 6) is -1.20. The standard InChI is InChI=1S/C21H20F3NO3/c1-28-20(27)18(12-6-9-15-7-3-2-4-8-15)25-19(26)14-16-10-5-11-17(13-16)21(22,23)24/h2-11,13,18H,12,14H2,1H3,(H,25,26)/b9-6+/t18-/m1/s1. The van der Waals surface area contributed by atoms with Crippen LogP contribution in [0.4, 0.5) is 13.2 Å². The van der Waals surface area contributed by atoms with Gasteiger partial charge in [-0.05, 0) is 23.6 Å². The van der Waals surface area contributed by atoms with Gasteiger partial charge in [0.2, 0.25) is 5.91 Å². The highest BCUT2D eigenvalue weighted by Crippen LogP contribution is 2.29. The number of nitrogens with one attached hydrogen (secondary N) is 1. The summed E-state index contributed by atoms with van der Waals surface area (Å²) in [6.07, 6.45) is -1.05. The van der Waals surface area contributed by atoms with Crippen molar-refractivity contribution in [3.05, 3.63) is 77.4 Å². The fraction of sp³-hybridized carbons (Fsp3) is 0.238. The second-order valence-corrected chi connectivity index (χ2v) is 6.07. The number of ether oxygens (including phenoxy) is 1. The Balaban J connectivity index is 2.01. The number of methoxy groups -OCH3 is 1. The van der Waals surface area contributed by atoms with Gasteiger partial charge in [0.05, 0.1) is 19.1 Å². The number of halogens is 3. The number of benzene rings is 2. The Morgan fingerprint density at radius 3 is 2.46 bits per heavy atom. The predicted molar refractivity (Wildman–Crippen MR) is 99.2 cm³/mol. The Morgan fingerprint density at radius 2 is 1.82 bits per heavy atom. The van der Waals surface area contributed by atoms with Crippen LogP contribution in [0.25, 0.3) is 6.08 Å². The number of alkyl halides is 3. The molecule has 0 heterocycles. The van der Waals surface area contributed by atoms with Gasteiger partial charge in [0.15, 0.2) is 0 Å².